The molecule has 0 spiro atoms. The predicted molar refractivity (Wildman–Crippen MR) is 63.9 cm³/mol. The number of hydrogen-bond acceptors (Lipinski definition) is 2. The first-order valence-corrected chi connectivity index (χ1v) is 6.58. The number of hydrogen-bond donors (Lipinski definition) is 1. The van der Waals surface area contributed by atoms with E-state index in [1.165, 1.54) is 12.1 Å². The zero-order valence-electron chi connectivity index (χ0n) is 9.20. The minimum atomic E-state index is -4.27. The molecular formula is C12H14F3NS. The molecule has 2 atom stereocenters. The lowest BCUT2D eigenvalue weighted by molar-refractivity contribution is -0.137. The zero-order valence-corrected chi connectivity index (χ0v) is 10.0. The summed E-state index contributed by atoms with van der Waals surface area (Å²) in [6, 6.07) is 5.03. The van der Waals surface area contributed by atoms with Gasteiger partial charge in [0, 0.05) is 11.3 Å². The first-order valence-electron chi connectivity index (χ1n) is 5.53. The molecule has 1 saturated heterocycles. The van der Waals surface area contributed by atoms with E-state index in [2.05, 4.69) is 0 Å². The molecule has 17 heavy (non-hydrogen) atoms. The highest BCUT2D eigenvalue weighted by molar-refractivity contribution is 8.00. The van der Waals surface area contributed by atoms with Gasteiger partial charge in [0.2, 0.25) is 0 Å². The molecule has 1 aromatic carbocycles. The summed E-state index contributed by atoms with van der Waals surface area (Å²) in [5.41, 5.74) is 6.23. The van der Waals surface area contributed by atoms with Crippen molar-refractivity contribution in [2.24, 2.45) is 5.73 Å². The average molecular weight is 261 g/mol. The Bertz CT molecular complexity index is 368. The van der Waals surface area contributed by atoms with Crippen LogP contribution >= 0.6 is 11.8 Å². The van der Waals surface area contributed by atoms with Crippen LogP contribution in [0, 0.1) is 0 Å². The van der Waals surface area contributed by atoms with Crippen LogP contribution in [0.2, 0.25) is 0 Å². The number of halogens is 3. The molecule has 1 aromatic rings. The van der Waals surface area contributed by atoms with Crippen molar-refractivity contribution in [3.63, 3.8) is 0 Å². The summed E-state index contributed by atoms with van der Waals surface area (Å²) in [5.74, 6) is 1.10. The molecule has 0 aliphatic carbocycles. The third kappa shape index (κ3) is 2.96. The molecule has 0 amide bonds. The zero-order chi connectivity index (χ0) is 12.5. The maximum absolute atomic E-state index is 12.4. The Balaban J connectivity index is 2.12. The Morgan fingerprint density at radius 3 is 2.35 bits per heavy atom. The molecule has 2 rings (SSSR count). The van der Waals surface area contributed by atoms with Crippen LogP contribution in [-0.2, 0) is 6.18 Å². The van der Waals surface area contributed by atoms with E-state index in [1.54, 1.807) is 0 Å². The summed E-state index contributed by atoms with van der Waals surface area (Å²) in [7, 11) is 0. The van der Waals surface area contributed by atoms with Gasteiger partial charge in [0.1, 0.15) is 0 Å². The van der Waals surface area contributed by atoms with Gasteiger partial charge in [-0.25, -0.2) is 0 Å². The first-order chi connectivity index (χ1) is 7.98. The van der Waals surface area contributed by atoms with Crippen LogP contribution in [0.5, 0.6) is 0 Å². The van der Waals surface area contributed by atoms with E-state index in [-0.39, 0.29) is 6.04 Å². The molecule has 94 valence electrons. The second kappa shape index (κ2) is 4.90. The molecule has 1 aliphatic rings. The van der Waals surface area contributed by atoms with E-state index in [0.29, 0.717) is 5.25 Å². The lowest BCUT2D eigenvalue weighted by Crippen LogP contribution is -2.21. The summed E-state index contributed by atoms with van der Waals surface area (Å²) >= 11 is 1.81. The van der Waals surface area contributed by atoms with Crippen LogP contribution in [0.1, 0.15) is 30.0 Å². The highest BCUT2D eigenvalue weighted by Crippen LogP contribution is 2.35. The van der Waals surface area contributed by atoms with E-state index in [9.17, 15) is 13.2 Å². The van der Waals surface area contributed by atoms with Crippen molar-refractivity contribution in [1.82, 2.24) is 0 Å². The second-order valence-electron chi connectivity index (χ2n) is 4.20. The third-order valence-corrected chi connectivity index (χ3v) is 4.47. The van der Waals surface area contributed by atoms with Gasteiger partial charge in [0.25, 0.3) is 0 Å². The Labute approximate surface area is 103 Å². The molecule has 2 N–H and O–H groups in total. The van der Waals surface area contributed by atoms with Gasteiger partial charge in [0.05, 0.1) is 5.56 Å². The van der Waals surface area contributed by atoms with Gasteiger partial charge in [-0.15, -0.1) is 0 Å². The van der Waals surface area contributed by atoms with Gasteiger partial charge < -0.3 is 5.73 Å². The average Bonchev–Trinajstić information content (AvgIpc) is 2.80. The van der Waals surface area contributed by atoms with E-state index in [0.717, 1.165) is 36.3 Å². The van der Waals surface area contributed by atoms with Crippen molar-refractivity contribution < 1.29 is 13.2 Å². The molecule has 1 nitrogen and oxygen atoms in total. The molecule has 2 unspecified atom stereocenters. The highest BCUT2D eigenvalue weighted by atomic mass is 32.2. The fourth-order valence-electron chi connectivity index (χ4n) is 1.99. The molecule has 1 fully saturated rings. The van der Waals surface area contributed by atoms with E-state index >= 15 is 0 Å². The highest BCUT2D eigenvalue weighted by Gasteiger charge is 2.30. The molecule has 5 heteroatoms. The Morgan fingerprint density at radius 2 is 1.88 bits per heavy atom. The summed E-state index contributed by atoms with van der Waals surface area (Å²) in [5, 5.41) is 0.340. The largest absolute Gasteiger partial charge is 0.416 e. The van der Waals surface area contributed by atoms with Crippen molar-refractivity contribution >= 4 is 11.8 Å². The Kier molecular flexibility index (Phi) is 3.68. The van der Waals surface area contributed by atoms with Crippen molar-refractivity contribution in [2.45, 2.75) is 30.3 Å². The third-order valence-electron chi connectivity index (χ3n) is 2.99. The van der Waals surface area contributed by atoms with Gasteiger partial charge >= 0.3 is 6.18 Å². The monoisotopic (exact) mass is 261 g/mol. The summed E-state index contributed by atoms with van der Waals surface area (Å²) in [6.45, 7) is 0. The van der Waals surface area contributed by atoms with Crippen LogP contribution in [0.15, 0.2) is 24.3 Å². The second-order valence-corrected chi connectivity index (χ2v) is 5.54. The summed E-state index contributed by atoms with van der Waals surface area (Å²) in [4.78, 5) is 0. The van der Waals surface area contributed by atoms with Gasteiger partial charge in [-0.2, -0.15) is 24.9 Å². The summed E-state index contributed by atoms with van der Waals surface area (Å²) < 4.78 is 37.2. The Hall–Kier alpha value is -0.680. The smallest absolute Gasteiger partial charge is 0.323 e. The molecule has 1 aliphatic heterocycles. The molecule has 0 saturated carbocycles. The van der Waals surface area contributed by atoms with Gasteiger partial charge in [-0.05, 0) is 36.3 Å². The minimum Gasteiger partial charge on any atom is -0.323 e. The molecular weight excluding hydrogens is 247 g/mol. The van der Waals surface area contributed by atoms with Crippen LogP contribution in [0.3, 0.4) is 0 Å². The normalized spacial score (nSPS) is 22.7. The van der Waals surface area contributed by atoms with Crippen LogP contribution in [0.25, 0.3) is 0 Å². The Morgan fingerprint density at radius 1 is 1.24 bits per heavy atom. The number of nitrogens with two attached hydrogens (primary N) is 1. The minimum absolute atomic E-state index is 0.162. The summed E-state index contributed by atoms with van der Waals surface area (Å²) in [6.07, 6.45) is -2.08. The molecule has 0 bridgehead atoms. The lowest BCUT2D eigenvalue weighted by atomic mass is 10.0. The van der Waals surface area contributed by atoms with E-state index < -0.39 is 11.7 Å². The van der Waals surface area contributed by atoms with Gasteiger partial charge in [0.15, 0.2) is 0 Å². The SMILES string of the molecule is NC(c1ccc(C(F)(F)F)cc1)C1CCCS1. The topological polar surface area (TPSA) is 26.0 Å². The van der Waals surface area contributed by atoms with E-state index in [1.807, 2.05) is 11.8 Å². The number of alkyl halides is 3. The number of thioether (sulfide) groups is 1. The lowest BCUT2D eigenvalue weighted by Gasteiger charge is -2.19. The standard InChI is InChI=1S/C12H14F3NS/c13-12(14,15)9-5-3-8(4-6-9)11(16)10-2-1-7-17-10/h3-6,10-11H,1-2,7,16H2. The molecule has 0 aromatic heterocycles. The number of benzene rings is 1. The van der Waals surface area contributed by atoms with Crippen LogP contribution < -0.4 is 5.73 Å². The van der Waals surface area contributed by atoms with Crippen LogP contribution in [0.4, 0.5) is 13.2 Å². The van der Waals surface area contributed by atoms with Crippen LogP contribution in [-0.4, -0.2) is 11.0 Å². The van der Waals surface area contributed by atoms with Crippen molar-refractivity contribution in [2.75, 3.05) is 5.75 Å². The fraction of sp³-hybridized carbons (Fsp3) is 0.500. The number of rotatable bonds is 2. The molecule has 0 radical (unpaired) electrons. The fourth-order valence-corrected chi connectivity index (χ4v) is 3.33. The quantitative estimate of drug-likeness (QED) is 0.880. The molecule has 1 heterocycles. The van der Waals surface area contributed by atoms with Crippen molar-refractivity contribution in [3.05, 3.63) is 35.4 Å². The van der Waals surface area contributed by atoms with Gasteiger partial charge in [-0.1, -0.05) is 12.1 Å². The maximum atomic E-state index is 12.4. The predicted octanol–water partition coefficient (Wildman–Crippen LogP) is 3.60. The van der Waals surface area contributed by atoms with Gasteiger partial charge in [-0.3, -0.25) is 0 Å². The maximum Gasteiger partial charge on any atom is 0.416 e. The first kappa shape index (κ1) is 12.8. The van der Waals surface area contributed by atoms with Crippen molar-refractivity contribution in [3.8, 4) is 0 Å². The van der Waals surface area contributed by atoms with E-state index in [4.69, 9.17) is 5.73 Å². The van der Waals surface area contributed by atoms with Crippen molar-refractivity contribution in [1.29, 1.82) is 0 Å².